The number of hydrogen-bond donors (Lipinski definition) is 2. The van der Waals surface area contributed by atoms with Crippen LogP contribution in [0.2, 0.25) is 0 Å². The molecule has 0 unspecified atom stereocenters. The minimum absolute atomic E-state index is 0.0869. The van der Waals surface area contributed by atoms with Crippen molar-refractivity contribution in [1.29, 1.82) is 0 Å². The van der Waals surface area contributed by atoms with E-state index in [4.69, 9.17) is 9.47 Å². The number of amides is 3. The molecule has 3 amide bonds. The Hall–Kier alpha value is -4.34. The number of benzene rings is 2. The van der Waals surface area contributed by atoms with Crippen LogP contribution in [0.3, 0.4) is 0 Å². The van der Waals surface area contributed by atoms with Crippen LogP contribution in [-0.4, -0.2) is 71.6 Å². The highest BCUT2D eigenvalue weighted by Crippen LogP contribution is 2.34. The van der Waals surface area contributed by atoms with Crippen LogP contribution < -0.4 is 20.1 Å². The van der Waals surface area contributed by atoms with Gasteiger partial charge in [-0.3, -0.25) is 14.4 Å². The quantitative estimate of drug-likeness (QED) is 0.495. The van der Waals surface area contributed by atoms with E-state index in [0.29, 0.717) is 74.6 Å². The molecule has 1 saturated heterocycles. The molecule has 2 aliphatic heterocycles. The number of hydrogen-bond acceptors (Lipinski definition) is 6. The summed E-state index contributed by atoms with van der Waals surface area (Å²) in [7, 11) is 5.04. The maximum Gasteiger partial charge on any atom is 0.272 e. The van der Waals surface area contributed by atoms with Gasteiger partial charge < -0.3 is 29.6 Å². The number of rotatable bonds is 4. The van der Waals surface area contributed by atoms with Gasteiger partial charge in [-0.05, 0) is 49.3 Å². The molecule has 4 bridgehead atoms. The monoisotopic (exact) mass is 573 g/mol. The summed E-state index contributed by atoms with van der Waals surface area (Å²) >= 11 is 0. The SMILES string of the molecule is COc1cc2cc(c1OC)CCCNC(=O)C[C@@H]1CC[C@H](CNC(=O)CC2)N1C(=O)c1cnc(-c2ccccc2)n1C. The topological polar surface area (TPSA) is 115 Å². The number of aromatic nitrogens is 2. The Morgan fingerprint density at radius 3 is 2.50 bits per heavy atom. The highest BCUT2D eigenvalue weighted by Gasteiger charge is 2.39. The third-order valence-electron chi connectivity index (χ3n) is 8.25. The Kier molecular flexibility index (Phi) is 9.09. The van der Waals surface area contributed by atoms with Gasteiger partial charge in [0, 0.05) is 50.6 Å². The van der Waals surface area contributed by atoms with Gasteiger partial charge in [-0.1, -0.05) is 36.4 Å². The van der Waals surface area contributed by atoms with Crippen molar-refractivity contribution in [1.82, 2.24) is 25.1 Å². The molecule has 0 aliphatic carbocycles. The van der Waals surface area contributed by atoms with E-state index < -0.39 is 0 Å². The zero-order chi connectivity index (χ0) is 29.6. The third kappa shape index (κ3) is 6.27. The normalized spacial score (nSPS) is 19.9. The number of nitrogens with one attached hydrogen (secondary N) is 2. The first-order valence-corrected chi connectivity index (χ1v) is 14.6. The average Bonchev–Trinajstić information content (AvgIpc) is 3.59. The summed E-state index contributed by atoms with van der Waals surface area (Å²) in [6, 6.07) is 13.2. The van der Waals surface area contributed by atoms with E-state index in [2.05, 4.69) is 21.7 Å². The van der Waals surface area contributed by atoms with E-state index in [1.807, 2.05) is 43.4 Å². The number of carbonyl (C=O) groups excluding carboxylic acids is 3. The van der Waals surface area contributed by atoms with Gasteiger partial charge >= 0.3 is 0 Å². The first kappa shape index (κ1) is 29.2. The highest BCUT2D eigenvalue weighted by atomic mass is 16.5. The van der Waals surface area contributed by atoms with Gasteiger partial charge in [-0.25, -0.2) is 4.98 Å². The molecule has 0 saturated carbocycles. The lowest BCUT2D eigenvalue weighted by Crippen LogP contribution is -2.48. The Balaban J connectivity index is 1.37. The summed E-state index contributed by atoms with van der Waals surface area (Å²) in [5.41, 5.74) is 3.32. The largest absolute Gasteiger partial charge is 0.493 e. The Morgan fingerprint density at radius 1 is 0.952 bits per heavy atom. The van der Waals surface area contributed by atoms with Crippen molar-refractivity contribution in [3.63, 3.8) is 0 Å². The second kappa shape index (κ2) is 13.1. The summed E-state index contributed by atoms with van der Waals surface area (Å²) < 4.78 is 13.0. The second-order valence-corrected chi connectivity index (χ2v) is 10.9. The molecule has 2 aromatic carbocycles. The molecule has 2 atom stereocenters. The molecule has 1 fully saturated rings. The van der Waals surface area contributed by atoms with E-state index in [1.165, 1.54) is 0 Å². The fourth-order valence-corrected chi connectivity index (χ4v) is 6.10. The molecule has 42 heavy (non-hydrogen) atoms. The van der Waals surface area contributed by atoms with Crippen LogP contribution in [0.5, 0.6) is 11.5 Å². The molecule has 3 heterocycles. The van der Waals surface area contributed by atoms with E-state index >= 15 is 0 Å². The van der Waals surface area contributed by atoms with Crippen LogP contribution in [0.1, 0.15) is 53.7 Å². The first-order valence-electron chi connectivity index (χ1n) is 14.6. The fraction of sp³-hybridized carbons (Fsp3) is 0.438. The minimum Gasteiger partial charge on any atom is -0.493 e. The molecule has 10 nitrogen and oxygen atoms in total. The Morgan fingerprint density at radius 2 is 1.74 bits per heavy atom. The van der Waals surface area contributed by atoms with Crippen molar-refractivity contribution in [3.05, 3.63) is 65.5 Å². The lowest BCUT2D eigenvalue weighted by Gasteiger charge is -2.30. The maximum absolute atomic E-state index is 14.0. The van der Waals surface area contributed by atoms with Crippen molar-refractivity contribution in [3.8, 4) is 22.9 Å². The van der Waals surface area contributed by atoms with Crippen LogP contribution in [0.4, 0.5) is 0 Å². The third-order valence-corrected chi connectivity index (χ3v) is 8.25. The number of fused-ring (bicyclic) bond motifs is 4. The predicted molar refractivity (Wildman–Crippen MR) is 158 cm³/mol. The molecular weight excluding hydrogens is 534 g/mol. The van der Waals surface area contributed by atoms with Gasteiger partial charge in [-0.15, -0.1) is 0 Å². The number of methoxy groups -OCH3 is 2. The summed E-state index contributed by atoms with van der Waals surface area (Å²) in [5.74, 6) is 1.63. The van der Waals surface area contributed by atoms with Crippen LogP contribution in [0.15, 0.2) is 48.7 Å². The molecule has 2 aliphatic rings. The van der Waals surface area contributed by atoms with Crippen LogP contribution >= 0.6 is 0 Å². The van der Waals surface area contributed by atoms with E-state index in [1.54, 1.807) is 29.9 Å². The van der Waals surface area contributed by atoms with Gasteiger partial charge in [0.25, 0.3) is 5.91 Å². The maximum atomic E-state index is 14.0. The van der Waals surface area contributed by atoms with Crippen LogP contribution in [0.25, 0.3) is 11.4 Å². The summed E-state index contributed by atoms with van der Waals surface area (Å²) in [6.45, 7) is 0.824. The molecule has 0 radical (unpaired) electrons. The summed E-state index contributed by atoms with van der Waals surface area (Å²) in [5, 5.41) is 6.09. The average molecular weight is 574 g/mol. The number of nitrogens with zero attached hydrogens (tertiary/aromatic N) is 3. The van der Waals surface area contributed by atoms with Gasteiger partial charge in [0.2, 0.25) is 11.8 Å². The number of imidazole rings is 1. The summed E-state index contributed by atoms with van der Waals surface area (Å²) in [4.78, 5) is 46.3. The molecule has 1 aromatic heterocycles. The van der Waals surface area contributed by atoms with Crippen molar-refractivity contribution >= 4 is 17.7 Å². The van der Waals surface area contributed by atoms with E-state index in [0.717, 1.165) is 16.7 Å². The Bertz CT molecular complexity index is 1440. The molecule has 10 heteroatoms. The molecule has 2 N–H and O–H groups in total. The number of ether oxygens (including phenoxy) is 2. The van der Waals surface area contributed by atoms with Gasteiger partial charge in [-0.2, -0.15) is 0 Å². The molecule has 3 aromatic rings. The van der Waals surface area contributed by atoms with Crippen molar-refractivity contribution in [2.24, 2.45) is 7.05 Å². The fourth-order valence-electron chi connectivity index (χ4n) is 6.10. The van der Waals surface area contributed by atoms with Crippen molar-refractivity contribution in [2.45, 2.75) is 57.0 Å². The zero-order valence-corrected chi connectivity index (χ0v) is 24.5. The van der Waals surface area contributed by atoms with E-state index in [9.17, 15) is 14.4 Å². The molecule has 0 spiro atoms. The zero-order valence-electron chi connectivity index (χ0n) is 24.5. The lowest BCUT2D eigenvalue weighted by molar-refractivity contribution is -0.123. The predicted octanol–water partition coefficient (Wildman–Crippen LogP) is 3.28. The molecule has 5 rings (SSSR count). The first-order chi connectivity index (χ1) is 20.4. The smallest absolute Gasteiger partial charge is 0.272 e. The second-order valence-electron chi connectivity index (χ2n) is 10.9. The van der Waals surface area contributed by atoms with Crippen LogP contribution in [-0.2, 0) is 29.5 Å². The van der Waals surface area contributed by atoms with E-state index in [-0.39, 0.29) is 36.2 Å². The van der Waals surface area contributed by atoms with Gasteiger partial charge in [0.05, 0.1) is 20.4 Å². The molecule has 222 valence electrons. The number of carbonyl (C=O) groups is 3. The van der Waals surface area contributed by atoms with Crippen molar-refractivity contribution < 1.29 is 23.9 Å². The number of aryl methyl sites for hydroxylation is 2. The summed E-state index contributed by atoms with van der Waals surface area (Å²) in [6.07, 6.45) is 5.43. The van der Waals surface area contributed by atoms with Crippen molar-refractivity contribution in [2.75, 3.05) is 27.3 Å². The highest BCUT2D eigenvalue weighted by molar-refractivity contribution is 5.94. The minimum atomic E-state index is -0.274. The standard InChI is InChI=1S/C32H39N5O5/c1-36-26(20-35-31(36)22-8-5-4-6-9-22)32(40)37-24-12-13-25(37)19-34-28(38)14-11-21-16-23(10-7-15-33-29(39)18-24)30(42-3)27(17-21)41-2/h4-6,8-9,16-17,20,24-25H,7,10-15,18-19H2,1-3H3,(H,33,39)(H,34,38)/t24-,25+/m0/s1. The molecular formula is C32H39N5O5. The van der Waals surface area contributed by atoms with Gasteiger partial charge in [0.1, 0.15) is 11.5 Å². The Labute approximate surface area is 246 Å². The van der Waals surface area contributed by atoms with Gasteiger partial charge in [0.15, 0.2) is 11.5 Å². The van der Waals surface area contributed by atoms with Crippen LogP contribution in [0, 0.1) is 0 Å². The lowest BCUT2D eigenvalue weighted by atomic mass is 10.0.